The summed E-state index contributed by atoms with van der Waals surface area (Å²) >= 11 is 0. The first kappa shape index (κ1) is 15.5. The van der Waals surface area contributed by atoms with Crippen LogP contribution in [-0.2, 0) is 11.3 Å². The van der Waals surface area contributed by atoms with Gasteiger partial charge in [-0.15, -0.1) is 0 Å². The number of piperidine rings is 2. The van der Waals surface area contributed by atoms with E-state index in [1.165, 1.54) is 5.56 Å². The average molecular weight is 301 g/mol. The Balaban J connectivity index is 1.57. The molecule has 1 amide bonds. The fraction of sp³-hybridized carbons (Fsp3) is 0.611. The molecule has 4 nitrogen and oxygen atoms in total. The van der Waals surface area contributed by atoms with Crippen molar-refractivity contribution < 1.29 is 4.79 Å². The molecule has 3 rings (SSSR count). The fourth-order valence-corrected chi connectivity index (χ4v) is 3.71. The highest BCUT2D eigenvalue weighted by Gasteiger charge is 2.31. The van der Waals surface area contributed by atoms with E-state index in [2.05, 4.69) is 29.2 Å². The van der Waals surface area contributed by atoms with E-state index in [-0.39, 0.29) is 12.0 Å². The van der Waals surface area contributed by atoms with Gasteiger partial charge in [-0.1, -0.05) is 30.3 Å². The van der Waals surface area contributed by atoms with Gasteiger partial charge in [0.05, 0.1) is 5.92 Å². The van der Waals surface area contributed by atoms with Crippen molar-refractivity contribution in [1.82, 2.24) is 9.80 Å². The third kappa shape index (κ3) is 3.87. The zero-order valence-corrected chi connectivity index (χ0v) is 13.3. The summed E-state index contributed by atoms with van der Waals surface area (Å²) in [5.41, 5.74) is 7.35. The zero-order chi connectivity index (χ0) is 15.4. The summed E-state index contributed by atoms with van der Waals surface area (Å²) < 4.78 is 0. The summed E-state index contributed by atoms with van der Waals surface area (Å²) in [5.74, 6) is 0.482. The summed E-state index contributed by atoms with van der Waals surface area (Å²) in [6.07, 6.45) is 4.24. The van der Waals surface area contributed by atoms with Crippen LogP contribution in [-0.4, -0.2) is 47.9 Å². The van der Waals surface area contributed by atoms with Gasteiger partial charge in [-0.05, 0) is 37.8 Å². The number of nitrogens with zero attached hydrogens (tertiary/aromatic N) is 2. The third-order valence-corrected chi connectivity index (χ3v) is 4.87. The van der Waals surface area contributed by atoms with Crippen molar-refractivity contribution in [2.75, 3.05) is 26.2 Å². The minimum Gasteiger partial charge on any atom is -0.341 e. The quantitative estimate of drug-likeness (QED) is 0.927. The molecule has 0 radical (unpaired) electrons. The minimum atomic E-state index is 0.155. The number of benzene rings is 1. The molecule has 1 aromatic carbocycles. The van der Waals surface area contributed by atoms with Crippen LogP contribution in [0.25, 0.3) is 0 Å². The Morgan fingerprint density at radius 1 is 1.09 bits per heavy atom. The Hall–Kier alpha value is -1.39. The molecule has 22 heavy (non-hydrogen) atoms. The maximum atomic E-state index is 12.7. The molecule has 2 aliphatic heterocycles. The summed E-state index contributed by atoms with van der Waals surface area (Å²) in [6.45, 7) is 4.57. The number of amides is 1. The van der Waals surface area contributed by atoms with Gasteiger partial charge in [0.1, 0.15) is 0 Å². The second kappa shape index (κ2) is 7.25. The Morgan fingerprint density at radius 2 is 1.86 bits per heavy atom. The Morgan fingerprint density at radius 3 is 2.64 bits per heavy atom. The molecule has 2 aliphatic rings. The highest BCUT2D eigenvalue weighted by atomic mass is 16.2. The van der Waals surface area contributed by atoms with Gasteiger partial charge in [0.25, 0.3) is 0 Å². The number of carbonyl (C=O) groups excluding carboxylic acids is 1. The monoisotopic (exact) mass is 301 g/mol. The maximum absolute atomic E-state index is 12.7. The van der Waals surface area contributed by atoms with Crippen LogP contribution in [0.2, 0.25) is 0 Å². The van der Waals surface area contributed by atoms with Crippen molar-refractivity contribution in [3.63, 3.8) is 0 Å². The predicted octanol–water partition coefficient (Wildman–Crippen LogP) is 1.85. The summed E-state index contributed by atoms with van der Waals surface area (Å²) in [6, 6.07) is 10.7. The van der Waals surface area contributed by atoms with E-state index in [1.54, 1.807) is 0 Å². The summed E-state index contributed by atoms with van der Waals surface area (Å²) in [4.78, 5) is 17.2. The Bertz CT molecular complexity index is 490. The lowest BCUT2D eigenvalue weighted by Gasteiger charge is -2.37. The van der Waals surface area contributed by atoms with E-state index in [1.807, 2.05) is 11.0 Å². The molecule has 0 spiro atoms. The number of likely N-dealkylation sites (tertiary alicyclic amines) is 2. The van der Waals surface area contributed by atoms with Gasteiger partial charge >= 0.3 is 0 Å². The van der Waals surface area contributed by atoms with Gasteiger partial charge < -0.3 is 10.6 Å². The molecule has 0 aliphatic carbocycles. The van der Waals surface area contributed by atoms with Crippen LogP contribution in [0.1, 0.15) is 31.2 Å². The van der Waals surface area contributed by atoms with Crippen molar-refractivity contribution >= 4 is 5.91 Å². The van der Waals surface area contributed by atoms with E-state index in [0.29, 0.717) is 5.91 Å². The van der Waals surface area contributed by atoms with Gasteiger partial charge in [0.15, 0.2) is 0 Å². The van der Waals surface area contributed by atoms with Crippen LogP contribution in [0.3, 0.4) is 0 Å². The van der Waals surface area contributed by atoms with Crippen LogP contribution >= 0.6 is 0 Å². The van der Waals surface area contributed by atoms with Crippen LogP contribution in [0.4, 0.5) is 0 Å². The van der Waals surface area contributed by atoms with Crippen molar-refractivity contribution in [2.45, 2.75) is 38.3 Å². The van der Waals surface area contributed by atoms with Gasteiger partial charge in [0, 0.05) is 32.2 Å². The van der Waals surface area contributed by atoms with Gasteiger partial charge in [-0.2, -0.15) is 0 Å². The molecule has 2 saturated heterocycles. The third-order valence-electron chi connectivity index (χ3n) is 4.87. The number of hydrogen-bond acceptors (Lipinski definition) is 3. The van der Waals surface area contributed by atoms with Gasteiger partial charge in [-0.3, -0.25) is 9.69 Å². The van der Waals surface area contributed by atoms with Gasteiger partial charge in [-0.25, -0.2) is 0 Å². The molecule has 0 aromatic heterocycles. The molecule has 2 unspecified atom stereocenters. The van der Waals surface area contributed by atoms with Crippen molar-refractivity contribution in [1.29, 1.82) is 0 Å². The highest BCUT2D eigenvalue weighted by molar-refractivity contribution is 5.79. The molecular weight excluding hydrogens is 274 g/mol. The van der Waals surface area contributed by atoms with E-state index in [0.717, 1.165) is 58.4 Å². The first-order valence-electron chi connectivity index (χ1n) is 8.53. The number of rotatable bonds is 3. The number of hydrogen-bond donors (Lipinski definition) is 1. The standard InChI is InChI=1S/C18H27N3O/c19-17-9-5-11-21(14-17)18(22)16-8-4-10-20(13-16)12-15-6-2-1-3-7-15/h1-3,6-7,16-17H,4-5,8-14,19H2. The lowest BCUT2D eigenvalue weighted by atomic mass is 9.94. The highest BCUT2D eigenvalue weighted by Crippen LogP contribution is 2.22. The first-order valence-corrected chi connectivity index (χ1v) is 8.53. The molecule has 2 atom stereocenters. The minimum absolute atomic E-state index is 0.155. The Kier molecular flexibility index (Phi) is 5.11. The number of carbonyl (C=O) groups is 1. The molecule has 2 heterocycles. The van der Waals surface area contributed by atoms with E-state index in [4.69, 9.17) is 5.73 Å². The van der Waals surface area contributed by atoms with Crippen molar-refractivity contribution in [3.8, 4) is 0 Å². The average Bonchev–Trinajstić information content (AvgIpc) is 2.55. The normalized spacial score (nSPS) is 26.9. The molecular formula is C18H27N3O. The smallest absolute Gasteiger partial charge is 0.227 e. The molecule has 0 bridgehead atoms. The number of nitrogens with two attached hydrogens (primary N) is 1. The molecule has 1 aromatic rings. The van der Waals surface area contributed by atoms with E-state index in [9.17, 15) is 4.79 Å². The molecule has 2 N–H and O–H groups in total. The second-order valence-corrected chi connectivity index (χ2v) is 6.75. The van der Waals surface area contributed by atoms with Crippen molar-refractivity contribution in [3.05, 3.63) is 35.9 Å². The molecule has 4 heteroatoms. The van der Waals surface area contributed by atoms with Crippen molar-refractivity contribution in [2.24, 2.45) is 11.7 Å². The predicted molar refractivity (Wildman–Crippen MR) is 88.2 cm³/mol. The maximum Gasteiger partial charge on any atom is 0.227 e. The molecule has 0 saturated carbocycles. The van der Waals surface area contributed by atoms with Gasteiger partial charge in [0.2, 0.25) is 5.91 Å². The fourth-order valence-electron chi connectivity index (χ4n) is 3.71. The van der Waals surface area contributed by atoms with Crippen LogP contribution in [0.5, 0.6) is 0 Å². The van der Waals surface area contributed by atoms with E-state index >= 15 is 0 Å². The van der Waals surface area contributed by atoms with Crippen LogP contribution < -0.4 is 5.73 Å². The largest absolute Gasteiger partial charge is 0.341 e. The van der Waals surface area contributed by atoms with Crippen LogP contribution in [0, 0.1) is 5.92 Å². The zero-order valence-electron chi connectivity index (χ0n) is 13.3. The Labute approximate surface area is 133 Å². The first-order chi connectivity index (χ1) is 10.7. The molecule has 2 fully saturated rings. The lowest BCUT2D eigenvalue weighted by molar-refractivity contribution is -0.138. The van der Waals surface area contributed by atoms with E-state index < -0.39 is 0 Å². The van der Waals surface area contributed by atoms with Crippen LogP contribution in [0.15, 0.2) is 30.3 Å². The second-order valence-electron chi connectivity index (χ2n) is 6.75. The lowest BCUT2D eigenvalue weighted by Crippen LogP contribution is -2.50. The molecule has 120 valence electrons. The SMILES string of the molecule is NC1CCCN(C(=O)C2CCCN(Cc3ccccc3)C2)C1. The summed E-state index contributed by atoms with van der Waals surface area (Å²) in [7, 11) is 0. The summed E-state index contributed by atoms with van der Waals surface area (Å²) in [5, 5.41) is 0. The topological polar surface area (TPSA) is 49.6 Å².